The zero-order chi connectivity index (χ0) is 35.6. The van der Waals surface area contributed by atoms with Gasteiger partial charge >= 0.3 is 12.1 Å². The monoisotopic (exact) mass is 756 g/mol. The van der Waals surface area contributed by atoms with Gasteiger partial charge in [0, 0.05) is 30.8 Å². The highest BCUT2D eigenvalue weighted by atomic mass is 79.9. The van der Waals surface area contributed by atoms with Gasteiger partial charge in [0.1, 0.15) is 41.3 Å². The molecule has 5 atom stereocenters. The lowest BCUT2D eigenvalue weighted by Gasteiger charge is -2.29. The molecule has 1 aromatic heterocycles. The minimum Gasteiger partial charge on any atom is -0.495 e. The summed E-state index contributed by atoms with van der Waals surface area (Å²) in [6.45, 7) is 0.00928. The van der Waals surface area contributed by atoms with Gasteiger partial charge in [0.25, 0.3) is 5.56 Å². The van der Waals surface area contributed by atoms with Crippen molar-refractivity contribution < 1.29 is 38.1 Å². The van der Waals surface area contributed by atoms with Gasteiger partial charge in [-0.3, -0.25) is 14.4 Å². The molecule has 2 N–H and O–H groups in total. The molecule has 2 saturated carbocycles. The first-order valence-electron chi connectivity index (χ1n) is 17.4. The molecule has 0 unspecified atom stereocenters. The van der Waals surface area contributed by atoms with Crippen molar-refractivity contribution in [2.24, 2.45) is 13.0 Å². The minimum absolute atomic E-state index is 0.00928. The van der Waals surface area contributed by atoms with Crippen molar-refractivity contribution in [1.82, 2.24) is 20.1 Å². The van der Waals surface area contributed by atoms with E-state index < -0.39 is 47.6 Å². The van der Waals surface area contributed by atoms with Crippen molar-refractivity contribution in [3.8, 4) is 11.5 Å². The minimum atomic E-state index is -1.23. The summed E-state index contributed by atoms with van der Waals surface area (Å²) in [5.41, 5.74) is -0.987. The first-order valence-corrected chi connectivity index (χ1v) is 18.2. The standard InChI is InChI=1S/C36H45BrN4O9/c1-40-29(42)18-28(24-15-16-27(47-2)30(37)31(24)40)49-23-17-26-32(43)39-36(34(45)48-3)19-21(36)11-7-5-4-6-8-14-25(33(44)41(26)20-23)38-35(46)50-22-12-9-10-13-22/h7,11,15-16,18,21-23,25-26H,4-6,8-10,12-14,17,19-20H2,1-3H3,(H,38,46)(H,39,43)/b11-7-/t21-,23+,25-,26-,36+/m0/s1. The maximum Gasteiger partial charge on any atom is 0.408 e. The Kier molecular flexibility index (Phi) is 10.8. The van der Waals surface area contributed by atoms with Gasteiger partial charge in [0.15, 0.2) is 0 Å². The van der Waals surface area contributed by atoms with Gasteiger partial charge in [-0.25, -0.2) is 9.59 Å². The van der Waals surface area contributed by atoms with Gasteiger partial charge in [0.05, 0.1) is 30.8 Å². The van der Waals surface area contributed by atoms with E-state index in [1.165, 1.54) is 29.8 Å². The number of nitrogens with one attached hydrogen (secondary N) is 2. The normalized spacial score (nSPS) is 28.0. The number of hydrogen-bond donors (Lipinski definition) is 2. The fourth-order valence-electron chi connectivity index (χ4n) is 7.55. The van der Waals surface area contributed by atoms with Crippen LogP contribution in [0.3, 0.4) is 0 Å². The second-order valence-corrected chi connectivity index (χ2v) is 14.5. The number of allylic oxidation sites excluding steroid dienone is 1. The molecule has 50 heavy (non-hydrogen) atoms. The van der Waals surface area contributed by atoms with E-state index in [-0.39, 0.29) is 30.5 Å². The Bertz CT molecular complexity index is 1740. The van der Waals surface area contributed by atoms with Crippen molar-refractivity contribution in [2.75, 3.05) is 20.8 Å². The first kappa shape index (κ1) is 35.7. The number of ether oxygens (including phenoxy) is 4. The number of hydrogen-bond acceptors (Lipinski definition) is 9. The molecule has 4 aliphatic rings. The predicted molar refractivity (Wildman–Crippen MR) is 187 cm³/mol. The number of alkyl carbamates (subject to hydrolysis) is 1. The Morgan fingerprint density at radius 3 is 2.50 bits per heavy atom. The van der Waals surface area contributed by atoms with Gasteiger partial charge in [-0.1, -0.05) is 25.0 Å². The number of nitrogens with zero attached hydrogens (tertiary/aromatic N) is 2. The summed E-state index contributed by atoms with van der Waals surface area (Å²) in [7, 11) is 4.47. The van der Waals surface area contributed by atoms with Crippen molar-refractivity contribution >= 4 is 50.7 Å². The number of carbonyl (C=O) groups is 4. The van der Waals surface area contributed by atoms with Crippen molar-refractivity contribution in [3.63, 3.8) is 0 Å². The summed E-state index contributed by atoms with van der Waals surface area (Å²) in [4.78, 5) is 69.1. The highest BCUT2D eigenvalue weighted by Gasteiger charge is 2.62. The van der Waals surface area contributed by atoms with E-state index in [0.29, 0.717) is 46.1 Å². The van der Waals surface area contributed by atoms with Crippen LogP contribution in [0.25, 0.3) is 10.9 Å². The third kappa shape index (κ3) is 7.22. The molecule has 2 aliphatic heterocycles. The van der Waals surface area contributed by atoms with Crippen LogP contribution in [0.5, 0.6) is 11.5 Å². The van der Waals surface area contributed by atoms with E-state index in [2.05, 4.69) is 26.6 Å². The summed E-state index contributed by atoms with van der Waals surface area (Å²) in [6, 6.07) is 2.97. The SMILES string of the molecule is COC(=O)[C@@]12C[C@@H]1/C=C\CCCCC[C@H](NC(=O)OC1CCCC1)C(=O)N1C[C@H](Oc3cc(=O)n(C)c4c(Br)c(OC)ccc34)C[C@H]1C(=O)N2. The van der Waals surface area contributed by atoms with Crippen LogP contribution in [-0.4, -0.2) is 83.9 Å². The third-order valence-corrected chi connectivity index (χ3v) is 11.2. The summed E-state index contributed by atoms with van der Waals surface area (Å²) in [5.74, 6) is -0.904. The Hall–Kier alpha value is -4.07. The molecule has 270 valence electrons. The molecule has 2 aromatic rings. The van der Waals surface area contributed by atoms with Gasteiger partial charge in [0.2, 0.25) is 11.8 Å². The molecule has 3 heterocycles. The third-order valence-electron chi connectivity index (χ3n) is 10.4. The molecule has 1 aromatic carbocycles. The van der Waals surface area contributed by atoms with Crippen LogP contribution in [0.4, 0.5) is 4.79 Å². The number of pyridine rings is 1. The lowest BCUT2D eigenvalue weighted by Crippen LogP contribution is -2.56. The van der Waals surface area contributed by atoms with E-state index in [1.807, 2.05) is 12.2 Å². The number of aromatic nitrogens is 1. The van der Waals surface area contributed by atoms with Crippen LogP contribution in [0.2, 0.25) is 0 Å². The van der Waals surface area contributed by atoms with Crippen LogP contribution in [0, 0.1) is 5.92 Å². The molecule has 13 nitrogen and oxygen atoms in total. The van der Waals surface area contributed by atoms with E-state index in [9.17, 15) is 24.0 Å². The van der Waals surface area contributed by atoms with E-state index >= 15 is 0 Å². The number of carbonyl (C=O) groups excluding carboxylic acids is 4. The number of esters is 1. The second-order valence-electron chi connectivity index (χ2n) is 13.7. The summed E-state index contributed by atoms with van der Waals surface area (Å²) in [6.07, 6.45) is 9.98. The highest BCUT2D eigenvalue weighted by molar-refractivity contribution is 9.10. The molecule has 3 fully saturated rings. The molecular weight excluding hydrogens is 712 g/mol. The molecule has 14 heteroatoms. The summed E-state index contributed by atoms with van der Waals surface area (Å²) < 4.78 is 24.7. The van der Waals surface area contributed by atoms with E-state index in [4.69, 9.17) is 18.9 Å². The fraction of sp³-hybridized carbons (Fsp3) is 0.583. The number of halogens is 1. The predicted octanol–water partition coefficient (Wildman–Crippen LogP) is 4.26. The molecular formula is C36H45BrN4O9. The highest BCUT2D eigenvalue weighted by Crippen LogP contribution is 2.46. The molecule has 0 spiro atoms. The number of aryl methyl sites for hydroxylation is 1. The zero-order valence-electron chi connectivity index (χ0n) is 28.7. The number of benzene rings is 1. The molecule has 0 radical (unpaired) electrons. The van der Waals surface area contributed by atoms with Gasteiger partial charge in [-0.05, 0) is 79.4 Å². The lowest BCUT2D eigenvalue weighted by molar-refractivity contribution is -0.148. The molecule has 6 rings (SSSR count). The first-order chi connectivity index (χ1) is 24.1. The van der Waals surface area contributed by atoms with Crippen LogP contribution in [0.15, 0.2) is 39.6 Å². The van der Waals surface area contributed by atoms with Gasteiger partial charge in [-0.15, -0.1) is 0 Å². The number of amides is 3. The lowest BCUT2D eigenvalue weighted by atomic mass is 10.0. The average molecular weight is 758 g/mol. The Morgan fingerprint density at radius 2 is 1.76 bits per heavy atom. The second kappa shape index (κ2) is 15.0. The Morgan fingerprint density at radius 1 is 1.00 bits per heavy atom. The van der Waals surface area contributed by atoms with E-state index in [0.717, 1.165) is 44.9 Å². The van der Waals surface area contributed by atoms with E-state index in [1.54, 1.807) is 19.2 Å². The van der Waals surface area contributed by atoms with Crippen LogP contribution in [0.1, 0.15) is 70.6 Å². The van der Waals surface area contributed by atoms with Gasteiger partial charge in [-0.2, -0.15) is 0 Å². The summed E-state index contributed by atoms with van der Waals surface area (Å²) in [5, 5.41) is 6.38. The zero-order valence-corrected chi connectivity index (χ0v) is 30.3. The number of methoxy groups -OCH3 is 2. The maximum absolute atomic E-state index is 14.4. The van der Waals surface area contributed by atoms with Crippen LogP contribution < -0.4 is 25.7 Å². The number of fused-ring (bicyclic) bond motifs is 3. The Balaban J connectivity index is 1.32. The molecule has 3 amide bonds. The maximum atomic E-state index is 14.4. The van der Waals surface area contributed by atoms with Crippen molar-refractivity contribution in [3.05, 3.63) is 45.2 Å². The molecule has 0 bridgehead atoms. The topological polar surface area (TPSA) is 154 Å². The molecule has 2 aliphatic carbocycles. The fourth-order valence-corrected chi connectivity index (χ4v) is 8.33. The average Bonchev–Trinajstić information content (AvgIpc) is 3.38. The van der Waals surface area contributed by atoms with Crippen LogP contribution in [-0.2, 0) is 30.9 Å². The van der Waals surface area contributed by atoms with Crippen LogP contribution >= 0.6 is 15.9 Å². The van der Waals surface area contributed by atoms with Gasteiger partial charge < -0.3 is 39.0 Å². The Labute approximate surface area is 299 Å². The quantitative estimate of drug-likeness (QED) is 0.325. The largest absolute Gasteiger partial charge is 0.495 e. The van der Waals surface area contributed by atoms with Crippen molar-refractivity contribution in [2.45, 2.75) is 100 Å². The summed E-state index contributed by atoms with van der Waals surface area (Å²) >= 11 is 3.55. The van der Waals surface area contributed by atoms with Crippen molar-refractivity contribution in [1.29, 1.82) is 0 Å². The number of rotatable bonds is 6. The molecule has 1 saturated heterocycles. The smallest absolute Gasteiger partial charge is 0.408 e.